The minimum Gasteiger partial charge on any atom is -0.385 e. The number of hydrogen-bond acceptors (Lipinski definition) is 2. The number of rotatable bonds is 10. The third-order valence-electron chi connectivity index (χ3n) is 10.4. The van der Waals surface area contributed by atoms with Crippen molar-refractivity contribution < 1.29 is 0 Å². The Labute approximate surface area is 268 Å². The molecule has 0 radical (unpaired) electrons. The fourth-order valence-electron chi connectivity index (χ4n) is 7.20. The van der Waals surface area contributed by atoms with E-state index in [1.54, 1.807) is 0 Å². The van der Waals surface area contributed by atoms with E-state index >= 15 is 0 Å². The minimum atomic E-state index is 0.0502. The molecule has 3 heteroatoms. The third-order valence-corrected chi connectivity index (χ3v) is 10.4. The van der Waals surface area contributed by atoms with Gasteiger partial charge in [-0.3, -0.25) is 0 Å². The second kappa shape index (κ2) is 13.7. The Balaban J connectivity index is 1.27. The Morgan fingerprint density at radius 3 is 2.70 bits per heavy atom. The Kier molecular flexibility index (Phi) is 9.93. The fourth-order valence-corrected chi connectivity index (χ4v) is 7.20. The van der Waals surface area contributed by atoms with Crippen molar-refractivity contribution in [2.45, 2.75) is 80.6 Å². The van der Waals surface area contributed by atoms with Crippen molar-refractivity contribution in [1.82, 2.24) is 5.32 Å². The summed E-state index contributed by atoms with van der Waals surface area (Å²) < 4.78 is 0. The molecule has 0 spiro atoms. The van der Waals surface area contributed by atoms with Crippen molar-refractivity contribution in [2.75, 3.05) is 18.0 Å². The fraction of sp³-hybridized carbons (Fsp3) is 0.415. The highest BCUT2D eigenvalue weighted by atomic mass is 15.2. The molecule has 2 nitrogen and oxygen atoms in total. The average Bonchev–Trinajstić information content (AvgIpc) is 3.63. The van der Waals surface area contributed by atoms with Crippen LogP contribution in [0.2, 0.25) is 0 Å². The number of likely N-dealkylation sites (N-methyl/N-ethyl adjacent to an activating group) is 2. The molecule has 0 fully saturated rings. The number of nitrogens with zero attached hydrogens (tertiary/aromatic N) is 1. The van der Waals surface area contributed by atoms with Crippen LogP contribution >= 0.6 is 0 Å². The zero-order valence-corrected chi connectivity index (χ0v) is 28.6. The van der Waals surface area contributed by atoms with Crippen LogP contribution in [0.3, 0.4) is 0 Å². The van der Waals surface area contributed by atoms with E-state index < -0.39 is 0 Å². The van der Waals surface area contributed by atoms with Crippen molar-refractivity contribution >= 4 is 29.8 Å². The quantitative estimate of drug-likeness (QED) is 0.280. The molecule has 1 heterocycles. The van der Waals surface area contributed by atoms with Crippen LogP contribution in [0, 0.1) is 17.3 Å². The van der Waals surface area contributed by atoms with Gasteiger partial charge in [0.05, 0.1) is 0 Å². The van der Waals surface area contributed by atoms with Crippen LogP contribution in [0.5, 0.6) is 0 Å². The van der Waals surface area contributed by atoms with Crippen molar-refractivity contribution in [1.29, 1.82) is 0 Å². The molecule has 1 N–H and O–H groups in total. The number of fused-ring (bicyclic) bond motifs is 3. The van der Waals surface area contributed by atoms with Gasteiger partial charge in [-0.15, -0.1) is 0 Å². The Hall–Kier alpha value is -3.46. The van der Waals surface area contributed by atoms with Crippen molar-refractivity contribution in [3.8, 4) is 0 Å². The van der Waals surface area contributed by atoms with Crippen molar-refractivity contribution in [2.24, 2.45) is 17.3 Å². The molecular weight excluding hydrogens is 531 g/mol. The summed E-state index contributed by atoms with van der Waals surface area (Å²) >= 11 is 0. The maximum atomic E-state index is 3.65. The molecule has 2 aromatic carbocycles. The number of anilines is 1. The molecule has 2 aromatic rings. The van der Waals surface area contributed by atoms with Gasteiger partial charge in [0.2, 0.25) is 0 Å². The normalized spacial score (nSPS) is 21.7. The lowest BCUT2D eigenvalue weighted by Crippen LogP contribution is -2.29. The molecule has 0 saturated heterocycles. The maximum absolute atomic E-state index is 3.65. The van der Waals surface area contributed by atoms with Gasteiger partial charge in [0.25, 0.3) is 0 Å². The molecule has 0 bridgehead atoms. The highest BCUT2D eigenvalue weighted by molar-refractivity contribution is 6.33. The molecule has 230 valence electrons. The lowest BCUT2D eigenvalue weighted by Gasteiger charge is -2.36. The van der Waals surface area contributed by atoms with Crippen LogP contribution in [0.4, 0.5) is 5.69 Å². The van der Waals surface area contributed by atoms with E-state index in [1.165, 1.54) is 74.0 Å². The molecule has 0 aromatic heterocycles. The molecule has 2 atom stereocenters. The van der Waals surface area contributed by atoms with Gasteiger partial charge in [0.15, 0.2) is 0 Å². The van der Waals surface area contributed by atoms with Crippen LogP contribution in [0.1, 0.15) is 79.7 Å². The molecule has 0 saturated carbocycles. The predicted octanol–water partition coefficient (Wildman–Crippen LogP) is 9.03. The molecular formula is C41H53BN2. The Morgan fingerprint density at radius 1 is 1.14 bits per heavy atom. The highest BCUT2D eigenvalue weighted by Gasteiger charge is 2.32. The largest absolute Gasteiger partial charge is 0.385 e. The summed E-state index contributed by atoms with van der Waals surface area (Å²) in [4.78, 5) is 2.54. The van der Waals surface area contributed by atoms with E-state index in [-0.39, 0.29) is 5.41 Å². The van der Waals surface area contributed by atoms with Crippen LogP contribution in [0.25, 0.3) is 10.8 Å². The summed E-state index contributed by atoms with van der Waals surface area (Å²) in [6.45, 7) is 18.0. The molecule has 2 aliphatic carbocycles. The second-order valence-corrected chi connectivity index (χ2v) is 13.7. The number of allylic oxidation sites excluding steroid dienone is 13. The van der Waals surface area contributed by atoms with Gasteiger partial charge in [0, 0.05) is 36.6 Å². The molecule has 44 heavy (non-hydrogen) atoms. The predicted molar refractivity (Wildman–Crippen MR) is 196 cm³/mol. The van der Waals surface area contributed by atoms with Crippen molar-refractivity contribution in [3.63, 3.8) is 0 Å². The smallest absolute Gasteiger partial charge is 0.139 e. The summed E-state index contributed by atoms with van der Waals surface area (Å²) in [5.74, 6) is 1.05. The lowest BCUT2D eigenvalue weighted by molar-refractivity contribution is 0.331. The molecule has 1 aliphatic heterocycles. The van der Waals surface area contributed by atoms with Crippen LogP contribution < -0.4 is 15.7 Å². The summed E-state index contributed by atoms with van der Waals surface area (Å²) in [6, 6.07) is 11.5. The zero-order chi connectivity index (χ0) is 31.4. The van der Waals surface area contributed by atoms with E-state index in [0.717, 1.165) is 32.4 Å². The van der Waals surface area contributed by atoms with E-state index in [1.807, 2.05) is 0 Å². The van der Waals surface area contributed by atoms with Gasteiger partial charge in [-0.2, -0.15) is 0 Å². The zero-order valence-electron chi connectivity index (χ0n) is 28.6. The minimum absolute atomic E-state index is 0.0502. The molecule has 2 unspecified atom stereocenters. The van der Waals surface area contributed by atoms with E-state index in [4.69, 9.17) is 0 Å². The van der Waals surface area contributed by atoms with Gasteiger partial charge in [0.1, 0.15) is 7.85 Å². The summed E-state index contributed by atoms with van der Waals surface area (Å²) in [6.07, 6.45) is 24.7. The lowest BCUT2D eigenvalue weighted by atomic mass is 9.69. The first-order valence-electron chi connectivity index (χ1n) is 17.0. The number of hydrogen-bond donors (Lipinski definition) is 1. The molecule has 0 amide bonds. The van der Waals surface area contributed by atoms with E-state index in [9.17, 15) is 0 Å². The van der Waals surface area contributed by atoms with Gasteiger partial charge in [-0.25, -0.2) is 0 Å². The van der Waals surface area contributed by atoms with Crippen LogP contribution in [-0.2, 0) is 6.42 Å². The first-order chi connectivity index (χ1) is 21.1. The van der Waals surface area contributed by atoms with Crippen molar-refractivity contribution in [3.05, 3.63) is 118 Å². The summed E-state index contributed by atoms with van der Waals surface area (Å²) in [5, 5.41) is 6.43. The van der Waals surface area contributed by atoms with Crippen LogP contribution in [0.15, 0.2) is 113 Å². The summed E-state index contributed by atoms with van der Waals surface area (Å²) in [7, 11) is 2.18. The number of nitrogens with one attached hydrogen (secondary N) is 1. The highest BCUT2D eigenvalue weighted by Crippen LogP contribution is 2.43. The number of benzene rings is 2. The van der Waals surface area contributed by atoms with Crippen LogP contribution in [-0.4, -0.2) is 20.9 Å². The molecule has 5 rings (SSSR count). The SMILES string of the molecule is Bc1ccc2c3c(ccc2c1)N(CC)/C(=C/CC1C=C(/C=C/C(C)C(C)(C)C2=C(NCC)C=C/C(=C/C(C)=C\C)C2)CC1)C3. The van der Waals surface area contributed by atoms with Gasteiger partial charge in [-0.1, -0.05) is 104 Å². The summed E-state index contributed by atoms with van der Waals surface area (Å²) in [5.41, 5.74) is 12.8. The first-order valence-corrected chi connectivity index (χ1v) is 17.0. The van der Waals surface area contributed by atoms with E-state index in [0.29, 0.717) is 11.8 Å². The third kappa shape index (κ3) is 6.78. The standard InChI is InChI=1S/C41H53BN2/c1-8-28(4)23-32-16-21-39(43-9-2)38(25-32)41(6,7)29(5)11-12-30-13-14-31(24-30)15-19-35-27-37-36-20-18-34(42)26-33(36)17-22-40(37)44(35)10-3/h8,11-12,16-24,26,29,31,43H,9-10,13-15,25,27,42H2,1-7H3/b12-11+,28-8-,32-23-,35-19+. The monoisotopic (exact) mass is 584 g/mol. The topological polar surface area (TPSA) is 15.3 Å². The van der Waals surface area contributed by atoms with Gasteiger partial charge >= 0.3 is 0 Å². The second-order valence-electron chi connectivity index (χ2n) is 13.7. The van der Waals surface area contributed by atoms with Gasteiger partial charge in [-0.05, 0) is 110 Å². The van der Waals surface area contributed by atoms with Gasteiger partial charge < -0.3 is 10.2 Å². The maximum Gasteiger partial charge on any atom is 0.139 e. The van der Waals surface area contributed by atoms with E-state index in [2.05, 4.69) is 145 Å². The first kappa shape index (κ1) is 32.0. The Bertz CT molecular complexity index is 1610. The average molecular weight is 585 g/mol. The molecule has 3 aliphatic rings. The Morgan fingerprint density at radius 2 is 1.95 bits per heavy atom.